The van der Waals surface area contributed by atoms with E-state index in [9.17, 15) is 26.7 Å². The van der Waals surface area contributed by atoms with Gasteiger partial charge in [-0.1, -0.05) is 6.07 Å². The minimum absolute atomic E-state index is 0.130. The smallest absolute Gasteiger partial charge is 0.390 e. The fourth-order valence-corrected chi connectivity index (χ4v) is 6.16. The van der Waals surface area contributed by atoms with E-state index in [4.69, 9.17) is 0 Å². The summed E-state index contributed by atoms with van der Waals surface area (Å²) in [6.45, 7) is 4.85. The van der Waals surface area contributed by atoms with Gasteiger partial charge in [0.05, 0.1) is 33.7 Å². The fourth-order valence-electron chi connectivity index (χ4n) is 5.00. The van der Waals surface area contributed by atoms with Crippen LogP contribution in [0, 0.1) is 5.92 Å². The van der Waals surface area contributed by atoms with Gasteiger partial charge in [-0.2, -0.15) is 28.2 Å². The van der Waals surface area contributed by atoms with E-state index in [-0.39, 0.29) is 23.6 Å². The van der Waals surface area contributed by atoms with Crippen LogP contribution in [0.15, 0.2) is 30.5 Å². The number of aromatic nitrogens is 4. The summed E-state index contributed by atoms with van der Waals surface area (Å²) in [4.78, 5) is 11.3. The summed E-state index contributed by atoms with van der Waals surface area (Å²) in [6.07, 6.45) is -0.253. The molecule has 1 aliphatic carbocycles. The monoisotopic (exact) mass is 538 g/mol. The van der Waals surface area contributed by atoms with Crippen LogP contribution in [-0.2, 0) is 16.0 Å². The van der Waals surface area contributed by atoms with Gasteiger partial charge in [0.1, 0.15) is 15.7 Å². The van der Waals surface area contributed by atoms with E-state index in [0.717, 1.165) is 12.1 Å². The molecule has 2 fully saturated rings. The minimum atomic E-state index is -4.50. The Bertz CT molecular complexity index is 1420. The van der Waals surface area contributed by atoms with E-state index in [1.165, 1.54) is 23.1 Å². The highest BCUT2D eigenvalue weighted by molar-refractivity contribution is 7.91. The van der Waals surface area contributed by atoms with Crippen LogP contribution in [-0.4, -0.2) is 69.5 Å². The van der Waals surface area contributed by atoms with Gasteiger partial charge in [-0.05, 0) is 57.2 Å². The van der Waals surface area contributed by atoms with Crippen LogP contribution >= 0.6 is 0 Å². The second-order valence-electron chi connectivity index (χ2n) is 10.8. The average molecular weight is 539 g/mol. The number of nitrogens with zero attached hydrogens (tertiary/aromatic N) is 5. The largest absolute Gasteiger partial charge is 0.416 e. The third-order valence-corrected chi connectivity index (χ3v) is 8.50. The zero-order valence-electron chi connectivity index (χ0n) is 20.7. The van der Waals surface area contributed by atoms with Gasteiger partial charge in [0, 0.05) is 25.4 Å². The van der Waals surface area contributed by atoms with Crippen molar-refractivity contribution in [3.63, 3.8) is 0 Å². The van der Waals surface area contributed by atoms with Crippen LogP contribution in [0.4, 0.5) is 24.9 Å². The number of nitrogens with one attached hydrogen (secondary N) is 1. The zero-order chi connectivity index (χ0) is 26.8. The topological polar surface area (TPSA) is 113 Å². The molecule has 13 heteroatoms. The summed E-state index contributed by atoms with van der Waals surface area (Å²) in [6, 6.07) is 4.74. The quantitative estimate of drug-likeness (QED) is 0.471. The predicted molar refractivity (Wildman–Crippen MR) is 134 cm³/mol. The first kappa shape index (κ1) is 25.7. The minimum Gasteiger partial charge on any atom is -0.390 e. The second kappa shape index (κ2) is 8.83. The molecule has 0 radical (unpaired) electrons. The molecule has 0 unspecified atom stereocenters. The SMILES string of the molecule is CC(C)(O)CC1CN(c2nc(NC3CC(S(C)(=O)=O)C3)nc3c2cnn3-c2cccc(C(F)(F)F)c2)C1. The molecule has 1 saturated heterocycles. The number of hydrogen-bond acceptors (Lipinski definition) is 8. The summed E-state index contributed by atoms with van der Waals surface area (Å²) in [7, 11) is -3.13. The lowest BCUT2D eigenvalue weighted by Gasteiger charge is -2.42. The van der Waals surface area contributed by atoms with Gasteiger partial charge in [-0.25, -0.2) is 13.1 Å². The van der Waals surface area contributed by atoms with E-state index >= 15 is 0 Å². The maximum absolute atomic E-state index is 13.3. The Kier molecular flexibility index (Phi) is 6.13. The third-order valence-electron chi connectivity index (χ3n) is 6.90. The maximum atomic E-state index is 13.3. The lowest BCUT2D eigenvalue weighted by molar-refractivity contribution is -0.137. The molecule has 3 heterocycles. The van der Waals surface area contributed by atoms with Crippen molar-refractivity contribution in [2.45, 2.75) is 56.2 Å². The third kappa shape index (κ3) is 5.37. The van der Waals surface area contributed by atoms with Crippen molar-refractivity contribution >= 4 is 32.6 Å². The molecule has 5 rings (SSSR count). The molecular formula is C24H29F3N6O3S. The lowest BCUT2D eigenvalue weighted by atomic mass is 9.88. The number of anilines is 2. The maximum Gasteiger partial charge on any atom is 0.416 e. The Labute approximate surface area is 212 Å². The zero-order valence-corrected chi connectivity index (χ0v) is 21.5. The van der Waals surface area contributed by atoms with Gasteiger partial charge in [-0.15, -0.1) is 0 Å². The number of alkyl halides is 3. The molecule has 2 aliphatic rings. The summed E-state index contributed by atoms with van der Waals surface area (Å²) in [5, 5.41) is 17.9. The molecule has 0 amide bonds. The molecule has 1 aliphatic heterocycles. The van der Waals surface area contributed by atoms with E-state index in [0.29, 0.717) is 49.2 Å². The van der Waals surface area contributed by atoms with E-state index in [1.54, 1.807) is 20.0 Å². The highest BCUT2D eigenvalue weighted by Gasteiger charge is 2.38. The van der Waals surface area contributed by atoms with Crippen LogP contribution < -0.4 is 10.2 Å². The van der Waals surface area contributed by atoms with Crippen molar-refractivity contribution in [2.24, 2.45) is 5.92 Å². The molecule has 1 aromatic carbocycles. The summed E-state index contributed by atoms with van der Waals surface area (Å²) in [5.41, 5.74) is -1.03. The van der Waals surface area contributed by atoms with Crippen LogP contribution in [0.25, 0.3) is 16.7 Å². The van der Waals surface area contributed by atoms with E-state index < -0.39 is 32.4 Å². The first-order valence-electron chi connectivity index (χ1n) is 12.0. The standard InChI is InChI=1S/C24H29F3N6O3S/c1-23(2,34)10-14-12-32(13-14)20-19-11-28-33(17-6-4-5-15(7-17)24(25,26)27)21(19)31-22(30-20)29-16-8-18(9-16)37(3,35)36/h4-7,11,14,16,18,34H,8-10,12-13H2,1-3H3,(H,29,30,31). The molecule has 9 nitrogen and oxygen atoms in total. The van der Waals surface area contributed by atoms with Gasteiger partial charge < -0.3 is 15.3 Å². The number of halogens is 3. The molecule has 0 bridgehead atoms. The molecule has 2 N–H and O–H groups in total. The number of fused-ring (bicyclic) bond motifs is 1. The highest BCUT2D eigenvalue weighted by atomic mass is 32.2. The summed E-state index contributed by atoms with van der Waals surface area (Å²) >= 11 is 0. The van der Waals surface area contributed by atoms with E-state index in [2.05, 4.69) is 20.4 Å². The Morgan fingerprint density at radius 1 is 1.16 bits per heavy atom. The van der Waals surface area contributed by atoms with Crippen LogP contribution in [0.5, 0.6) is 0 Å². The first-order chi connectivity index (χ1) is 17.2. The van der Waals surface area contributed by atoms with Crippen molar-refractivity contribution < 1.29 is 26.7 Å². The van der Waals surface area contributed by atoms with Gasteiger partial charge in [-0.3, -0.25) is 0 Å². The highest BCUT2D eigenvalue weighted by Crippen LogP contribution is 2.36. The average Bonchev–Trinajstić information content (AvgIpc) is 3.14. The predicted octanol–water partition coefficient (Wildman–Crippen LogP) is 3.42. The van der Waals surface area contributed by atoms with Gasteiger partial charge in [0.25, 0.3) is 0 Å². The Morgan fingerprint density at radius 3 is 2.49 bits per heavy atom. The van der Waals surface area contributed by atoms with Crippen molar-refractivity contribution in [3.8, 4) is 5.69 Å². The van der Waals surface area contributed by atoms with Gasteiger partial charge in [0.15, 0.2) is 5.65 Å². The van der Waals surface area contributed by atoms with Crippen molar-refractivity contribution in [1.29, 1.82) is 0 Å². The number of sulfone groups is 1. The summed E-state index contributed by atoms with van der Waals surface area (Å²) in [5.74, 6) is 1.12. The Morgan fingerprint density at radius 2 is 1.86 bits per heavy atom. The number of hydrogen-bond donors (Lipinski definition) is 2. The van der Waals surface area contributed by atoms with Gasteiger partial charge >= 0.3 is 6.18 Å². The number of rotatable bonds is 7. The Balaban J connectivity index is 1.49. The number of benzene rings is 1. The van der Waals surface area contributed by atoms with Crippen LogP contribution in [0.2, 0.25) is 0 Å². The lowest BCUT2D eigenvalue weighted by Crippen LogP contribution is -2.49. The van der Waals surface area contributed by atoms with Crippen molar-refractivity contribution in [2.75, 3.05) is 29.6 Å². The molecular weight excluding hydrogens is 509 g/mol. The molecule has 37 heavy (non-hydrogen) atoms. The van der Waals surface area contributed by atoms with Crippen molar-refractivity contribution in [1.82, 2.24) is 19.7 Å². The summed E-state index contributed by atoms with van der Waals surface area (Å²) < 4.78 is 65.0. The molecule has 0 spiro atoms. The number of aliphatic hydroxyl groups is 1. The molecule has 1 saturated carbocycles. The molecule has 0 atom stereocenters. The molecule has 2 aromatic heterocycles. The first-order valence-corrected chi connectivity index (χ1v) is 14.0. The normalized spacial score (nSPS) is 21.1. The fraction of sp³-hybridized carbons (Fsp3) is 0.542. The second-order valence-corrected chi connectivity index (χ2v) is 13.1. The van der Waals surface area contributed by atoms with Crippen LogP contribution in [0.3, 0.4) is 0 Å². The van der Waals surface area contributed by atoms with Crippen molar-refractivity contribution in [3.05, 3.63) is 36.0 Å². The van der Waals surface area contributed by atoms with E-state index in [1.807, 2.05) is 4.90 Å². The van der Waals surface area contributed by atoms with Gasteiger partial charge in [0.2, 0.25) is 5.95 Å². The van der Waals surface area contributed by atoms with Crippen LogP contribution in [0.1, 0.15) is 38.7 Å². The molecule has 3 aromatic rings. The Hall–Kier alpha value is -2.93. The molecule has 200 valence electrons.